The van der Waals surface area contributed by atoms with E-state index >= 15 is 0 Å². The molecule has 0 fully saturated rings. The summed E-state index contributed by atoms with van der Waals surface area (Å²) in [7, 11) is 0. The van der Waals surface area contributed by atoms with Gasteiger partial charge >= 0.3 is 0 Å². The summed E-state index contributed by atoms with van der Waals surface area (Å²) in [4.78, 5) is 8.32. The molecule has 2 aromatic rings. The molecule has 1 aromatic carbocycles. The van der Waals surface area contributed by atoms with Gasteiger partial charge in [-0.15, -0.1) is 0 Å². The van der Waals surface area contributed by atoms with Gasteiger partial charge in [-0.25, -0.2) is 14.4 Å². The van der Waals surface area contributed by atoms with Crippen molar-refractivity contribution in [1.29, 1.82) is 0 Å². The van der Waals surface area contributed by atoms with Gasteiger partial charge < -0.3 is 5.32 Å². The largest absolute Gasteiger partial charge is 0.348 e. The summed E-state index contributed by atoms with van der Waals surface area (Å²) in [5.74, 6) is 0.341. The van der Waals surface area contributed by atoms with Crippen molar-refractivity contribution in [3.05, 3.63) is 51.6 Å². The molecular formula is C12H11FIN3. The molecule has 1 N–H and O–H groups in total. The van der Waals surface area contributed by atoms with Gasteiger partial charge in [0.2, 0.25) is 5.95 Å². The lowest BCUT2D eigenvalue weighted by molar-refractivity contribution is 0.626. The number of nitrogens with zero attached hydrogens (tertiary/aromatic N) is 2. The Morgan fingerprint density at radius 1 is 1.18 bits per heavy atom. The van der Waals surface area contributed by atoms with Gasteiger partial charge in [-0.05, 0) is 47.2 Å². The second kappa shape index (κ2) is 5.39. The van der Waals surface area contributed by atoms with Crippen LogP contribution in [0.15, 0.2) is 36.7 Å². The highest BCUT2D eigenvalue weighted by atomic mass is 127. The van der Waals surface area contributed by atoms with Crippen LogP contribution in [-0.4, -0.2) is 9.97 Å². The predicted molar refractivity (Wildman–Crippen MR) is 73.2 cm³/mol. The molecule has 0 saturated heterocycles. The van der Waals surface area contributed by atoms with E-state index < -0.39 is 0 Å². The fourth-order valence-corrected chi connectivity index (χ4v) is 1.69. The Kier molecular flexibility index (Phi) is 3.88. The maximum Gasteiger partial charge on any atom is 0.223 e. The van der Waals surface area contributed by atoms with E-state index in [1.54, 1.807) is 24.5 Å². The summed E-state index contributed by atoms with van der Waals surface area (Å²) in [6, 6.07) is 6.43. The molecule has 0 amide bonds. The van der Waals surface area contributed by atoms with E-state index in [2.05, 4.69) is 37.9 Å². The highest BCUT2D eigenvalue weighted by Gasteiger charge is 2.06. The van der Waals surface area contributed by atoms with E-state index in [1.807, 2.05) is 6.92 Å². The summed E-state index contributed by atoms with van der Waals surface area (Å²) in [5.41, 5.74) is 0.994. The molecule has 0 bridgehead atoms. The van der Waals surface area contributed by atoms with E-state index in [1.165, 1.54) is 12.1 Å². The minimum absolute atomic E-state index is 0.0376. The Morgan fingerprint density at radius 2 is 1.76 bits per heavy atom. The fraction of sp³-hybridized carbons (Fsp3) is 0.167. The minimum atomic E-state index is -0.230. The fourth-order valence-electron chi connectivity index (χ4n) is 1.42. The Morgan fingerprint density at radius 3 is 2.35 bits per heavy atom. The summed E-state index contributed by atoms with van der Waals surface area (Å²) >= 11 is 2.15. The first kappa shape index (κ1) is 12.2. The van der Waals surface area contributed by atoms with Gasteiger partial charge in [0.25, 0.3) is 0 Å². The lowest BCUT2D eigenvalue weighted by Crippen LogP contribution is -2.09. The number of hydrogen-bond acceptors (Lipinski definition) is 3. The molecule has 0 aliphatic heterocycles. The predicted octanol–water partition coefficient (Wildman–Crippen LogP) is 3.39. The second-order valence-electron chi connectivity index (χ2n) is 3.64. The number of benzene rings is 1. The molecule has 0 aliphatic carbocycles. The number of halogens is 2. The Bertz CT molecular complexity index is 484. The summed E-state index contributed by atoms with van der Waals surface area (Å²) in [6.45, 7) is 1.98. The van der Waals surface area contributed by atoms with Crippen LogP contribution < -0.4 is 5.32 Å². The van der Waals surface area contributed by atoms with Crippen LogP contribution in [0.4, 0.5) is 10.3 Å². The summed E-state index contributed by atoms with van der Waals surface area (Å²) in [5, 5.41) is 3.16. The van der Waals surface area contributed by atoms with Crippen LogP contribution in [0.25, 0.3) is 0 Å². The van der Waals surface area contributed by atoms with E-state index in [0.717, 1.165) is 9.13 Å². The van der Waals surface area contributed by atoms with Crippen molar-refractivity contribution in [2.75, 3.05) is 5.32 Å². The summed E-state index contributed by atoms with van der Waals surface area (Å²) < 4.78 is 13.8. The van der Waals surface area contributed by atoms with Crippen LogP contribution in [0.1, 0.15) is 18.5 Å². The van der Waals surface area contributed by atoms with Crippen LogP contribution in [0.3, 0.4) is 0 Å². The topological polar surface area (TPSA) is 37.8 Å². The van der Waals surface area contributed by atoms with Crippen molar-refractivity contribution in [2.45, 2.75) is 13.0 Å². The number of hydrogen-bond donors (Lipinski definition) is 1. The number of aromatic nitrogens is 2. The molecule has 0 saturated carbocycles. The van der Waals surface area contributed by atoms with Gasteiger partial charge in [-0.3, -0.25) is 0 Å². The zero-order chi connectivity index (χ0) is 12.3. The number of rotatable bonds is 3. The van der Waals surface area contributed by atoms with Gasteiger partial charge in [-0.1, -0.05) is 12.1 Å². The van der Waals surface area contributed by atoms with Crippen LogP contribution in [-0.2, 0) is 0 Å². The van der Waals surface area contributed by atoms with Gasteiger partial charge in [0.15, 0.2) is 0 Å². The Labute approximate surface area is 113 Å². The zero-order valence-corrected chi connectivity index (χ0v) is 11.3. The second-order valence-corrected chi connectivity index (χ2v) is 4.89. The van der Waals surface area contributed by atoms with E-state index in [0.29, 0.717) is 5.95 Å². The van der Waals surface area contributed by atoms with Crippen molar-refractivity contribution in [3.8, 4) is 0 Å². The lowest BCUT2D eigenvalue weighted by atomic mass is 10.1. The molecule has 17 heavy (non-hydrogen) atoms. The van der Waals surface area contributed by atoms with Gasteiger partial charge in [0, 0.05) is 16.0 Å². The van der Waals surface area contributed by atoms with Crippen LogP contribution in [0.5, 0.6) is 0 Å². The summed E-state index contributed by atoms with van der Waals surface area (Å²) in [6.07, 6.45) is 3.49. The van der Waals surface area contributed by atoms with Crippen molar-refractivity contribution in [2.24, 2.45) is 0 Å². The molecule has 1 unspecified atom stereocenters. The van der Waals surface area contributed by atoms with Gasteiger partial charge in [0.05, 0.1) is 6.04 Å². The third kappa shape index (κ3) is 3.36. The highest BCUT2D eigenvalue weighted by molar-refractivity contribution is 14.1. The Hall–Kier alpha value is -1.24. The van der Waals surface area contributed by atoms with Crippen molar-refractivity contribution >= 4 is 28.5 Å². The molecule has 3 nitrogen and oxygen atoms in total. The average molecular weight is 343 g/mol. The van der Waals surface area contributed by atoms with Crippen LogP contribution >= 0.6 is 22.6 Å². The SMILES string of the molecule is CC(Nc1ncc(I)cn1)c1ccc(F)cc1. The normalized spacial score (nSPS) is 12.2. The maximum atomic E-state index is 12.8. The highest BCUT2D eigenvalue weighted by Crippen LogP contribution is 2.17. The number of nitrogens with one attached hydrogen (secondary N) is 1. The molecule has 1 aromatic heterocycles. The van der Waals surface area contributed by atoms with Crippen molar-refractivity contribution in [1.82, 2.24) is 9.97 Å². The van der Waals surface area contributed by atoms with E-state index in [4.69, 9.17) is 0 Å². The van der Waals surface area contributed by atoms with Crippen molar-refractivity contribution < 1.29 is 4.39 Å². The first-order valence-corrected chi connectivity index (χ1v) is 6.22. The van der Waals surface area contributed by atoms with Gasteiger partial charge in [0.1, 0.15) is 5.82 Å². The first-order valence-electron chi connectivity index (χ1n) is 5.14. The lowest BCUT2D eigenvalue weighted by Gasteiger charge is -2.13. The third-order valence-electron chi connectivity index (χ3n) is 2.34. The Balaban J connectivity index is 2.08. The average Bonchev–Trinajstić information content (AvgIpc) is 2.33. The maximum absolute atomic E-state index is 12.8. The molecule has 5 heteroatoms. The molecule has 0 spiro atoms. The monoisotopic (exact) mass is 343 g/mol. The first-order chi connectivity index (χ1) is 8.15. The molecule has 1 atom stereocenters. The molecular weight excluding hydrogens is 332 g/mol. The molecule has 2 rings (SSSR count). The molecule has 0 aliphatic rings. The molecule has 1 heterocycles. The van der Waals surface area contributed by atoms with Crippen LogP contribution in [0, 0.1) is 9.39 Å². The number of anilines is 1. The van der Waals surface area contributed by atoms with Crippen molar-refractivity contribution in [3.63, 3.8) is 0 Å². The standard InChI is InChI=1S/C12H11FIN3/c1-8(9-2-4-10(13)5-3-9)17-12-15-6-11(14)7-16-12/h2-8H,1H3,(H,15,16,17). The molecule has 0 radical (unpaired) electrons. The quantitative estimate of drug-likeness (QED) is 0.869. The smallest absolute Gasteiger partial charge is 0.223 e. The zero-order valence-electron chi connectivity index (χ0n) is 9.19. The van der Waals surface area contributed by atoms with E-state index in [9.17, 15) is 4.39 Å². The van der Waals surface area contributed by atoms with E-state index in [-0.39, 0.29) is 11.9 Å². The molecule has 88 valence electrons. The van der Waals surface area contributed by atoms with Gasteiger partial charge in [-0.2, -0.15) is 0 Å². The minimum Gasteiger partial charge on any atom is -0.348 e. The third-order valence-corrected chi connectivity index (χ3v) is 2.89. The van der Waals surface area contributed by atoms with Crippen LogP contribution in [0.2, 0.25) is 0 Å².